The van der Waals surface area contributed by atoms with Crippen molar-refractivity contribution >= 4 is 28.0 Å². The van der Waals surface area contributed by atoms with Gasteiger partial charge in [-0.3, -0.25) is 4.21 Å². The van der Waals surface area contributed by atoms with Crippen molar-refractivity contribution in [1.82, 2.24) is 0 Å². The highest BCUT2D eigenvalue weighted by molar-refractivity contribution is 7.84. The van der Waals surface area contributed by atoms with Crippen molar-refractivity contribution in [1.29, 1.82) is 0 Å². The lowest BCUT2D eigenvalue weighted by Crippen LogP contribution is -2.02. The van der Waals surface area contributed by atoms with E-state index in [0.29, 0.717) is 6.54 Å². The van der Waals surface area contributed by atoms with Crippen molar-refractivity contribution in [2.45, 2.75) is 11.8 Å². The van der Waals surface area contributed by atoms with Crippen molar-refractivity contribution in [2.24, 2.45) is 5.73 Å². The quantitative estimate of drug-likeness (QED) is 0.930. The van der Waals surface area contributed by atoms with Crippen molar-refractivity contribution in [2.75, 3.05) is 12.8 Å². The smallest absolute Gasteiger partial charge is 0.123 e. The summed E-state index contributed by atoms with van der Waals surface area (Å²) >= 11 is 0. The van der Waals surface area contributed by atoms with Gasteiger partial charge in [-0.15, -0.1) is 0 Å². The molecule has 23 heavy (non-hydrogen) atoms. The summed E-state index contributed by atoms with van der Waals surface area (Å²) in [6.45, 7) is 2.40. The number of rotatable bonds is 3. The zero-order chi connectivity index (χ0) is 16.6. The standard InChI is InChI=1S/C19H18FNOS/c1-12-17(9-13-3-6-15(7-4-13)23(2)22)16-8-5-14(20)10-18(16)19(12)11-21/h3-10H,11,21H2,1-2H3. The minimum atomic E-state index is -0.982. The average Bonchev–Trinajstić information content (AvgIpc) is 2.79. The molecule has 2 nitrogen and oxygen atoms in total. The maximum atomic E-state index is 13.6. The van der Waals surface area contributed by atoms with Crippen molar-refractivity contribution in [3.63, 3.8) is 0 Å². The van der Waals surface area contributed by atoms with Crippen LogP contribution in [0.2, 0.25) is 0 Å². The van der Waals surface area contributed by atoms with Gasteiger partial charge in [0.1, 0.15) is 5.82 Å². The Labute approximate surface area is 138 Å². The van der Waals surface area contributed by atoms with Crippen LogP contribution in [0.25, 0.3) is 17.2 Å². The van der Waals surface area contributed by atoms with E-state index in [1.54, 1.807) is 18.4 Å². The van der Waals surface area contributed by atoms with Gasteiger partial charge in [0.15, 0.2) is 0 Å². The Kier molecular flexibility index (Phi) is 4.28. The van der Waals surface area contributed by atoms with Gasteiger partial charge in [0.2, 0.25) is 0 Å². The predicted molar refractivity (Wildman–Crippen MR) is 94.7 cm³/mol. The van der Waals surface area contributed by atoms with E-state index in [1.807, 2.05) is 31.2 Å². The Morgan fingerprint density at radius 1 is 1.13 bits per heavy atom. The molecule has 0 radical (unpaired) electrons. The van der Waals surface area contributed by atoms with Gasteiger partial charge in [-0.2, -0.15) is 0 Å². The molecular weight excluding hydrogens is 309 g/mol. The predicted octanol–water partition coefficient (Wildman–Crippen LogP) is 3.85. The number of nitrogens with two attached hydrogens (primary N) is 1. The van der Waals surface area contributed by atoms with Gasteiger partial charge in [-0.05, 0) is 70.7 Å². The lowest BCUT2D eigenvalue weighted by atomic mass is 10.0. The summed E-state index contributed by atoms with van der Waals surface area (Å²) in [7, 11) is -0.982. The van der Waals surface area contributed by atoms with Gasteiger partial charge >= 0.3 is 0 Å². The lowest BCUT2D eigenvalue weighted by molar-refractivity contribution is 0.627. The lowest BCUT2D eigenvalue weighted by Gasteiger charge is -2.05. The zero-order valence-electron chi connectivity index (χ0n) is 13.1. The highest BCUT2D eigenvalue weighted by atomic mass is 32.2. The second-order valence-corrected chi connectivity index (χ2v) is 6.96. The fraction of sp³-hybridized carbons (Fsp3) is 0.158. The van der Waals surface area contributed by atoms with Crippen LogP contribution < -0.4 is 5.73 Å². The van der Waals surface area contributed by atoms with E-state index in [9.17, 15) is 8.60 Å². The van der Waals surface area contributed by atoms with E-state index in [2.05, 4.69) is 6.08 Å². The molecule has 0 bridgehead atoms. The van der Waals surface area contributed by atoms with Crippen LogP contribution in [0.4, 0.5) is 4.39 Å². The van der Waals surface area contributed by atoms with Gasteiger partial charge in [0.25, 0.3) is 0 Å². The molecular formula is C19H18FNOS. The molecule has 0 amide bonds. The number of hydrogen-bond acceptors (Lipinski definition) is 2. The van der Waals surface area contributed by atoms with Crippen LogP contribution in [0.1, 0.15) is 23.6 Å². The molecule has 1 atom stereocenters. The van der Waals surface area contributed by atoms with E-state index in [1.165, 1.54) is 6.07 Å². The number of benzene rings is 2. The van der Waals surface area contributed by atoms with Gasteiger partial charge in [0, 0.05) is 28.5 Å². The molecule has 0 aromatic heterocycles. The van der Waals surface area contributed by atoms with Crippen molar-refractivity contribution < 1.29 is 8.60 Å². The number of hydrogen-bond donors (Lipinski definition) is 1. The monoisotopic (exact) mass is 327 g/mol. The summed E-state index contributed by atoms with van der Waals surface area (Å²) in [5.74, 6) is -0.251. The molecule has 0 heterocycles. The van der Waals surface area contributed by atoms with Gasteiger partial charge in [-0.25, -0.2) is 4.39 Å². The fourth-order valence-corrected chi connectivity index (χ4v) is 3.46. The summed E-state index contributed by atoms with van der Waals surface area (Å²) < 4.78 is 25.0. The topological polar surface area (TPSA) is 43.1 Å². The molecule has 0 saturated heterocycles. The molecule has 1 unspecified atom stereocenters. The van der Waals surface area contributed by atoms with E-state index in [0.717, 1.165) is 38.3 Å². The molecule has 2 aromatic rings. The van der Waals surface area contributed by atoms with Crippen LogP contribution >= 0.6 is 0 Å². The van der Waals surface area contributed by atoms with Crippen LogP contribution in [0.5, 0.6) is 0 Å². The summed E-state index contributed by atoms with van der Waals surface area (Å²) in [6.07, 6.45) is 3.73. The van der Waals surface area contributed by atoms with Gasteiger partial charge < -0.3 is 5.73 Å². The summed E-state index contributed by atoms with van der Waals surface area (Å²) in [6, 6.07) is 12.4. The van der Waals surface area contributed by atoms with E-state index < -0.39 is 10.8 Å². The Morgan fingerprint density at radius 3 is 2.43 bits per heavy atom. The summed E-state index contributed by atoms with van der Waals surface area (Å²) in [5, 5.41) is 0. The Morgan fingerprint density at radius 2 is 1.83 bits per heavy atom. The highest BCUT2D eigenvalue weighted by Crippen LogP contribution is 2.41. The van der Waals surface area contributed by atoms with Crippen molar-refractivity contribution in [3.05, 3.63) is 70.5 Å². The molecule has 0 fully saturated rings. The summed E-state index contributed by atoms with van der Waals surface area (Å²) in [5.41, 5.74) is 11.9. The fourth-order valence-electron chi connectivity index (χ4n) is 2.94. The minimum absolute atomic E-state index is 0.251. The molecule has 118 valence electrons. The SMILES string of the molecule is CC1=C(CN)c2cc(F)ccc2C1=Cc1ccc(S(C)=O)cc1. The van der Waals surface area contributed by atoms with E-state index in [-0.39, 0.29) is 5.82 Å². The zero-order valence-corrected chi connectivity index (χ0v) is 13.9. The van der Waals surface area contributed by atoms with Crippen LogP contribution in [0.15, 0.2) is 52.9 Å². The number of halogens is 1. The molecule has 2 aromatic carbocycles. The Balaban J connectivity index is 2.09. The first-order valence-corrected chi connectivity index (χ1v) is 8.92. The molecule has 3 rings (SSSR count). The largest absolute Gasteiger partial charge is 0.326 e. The normalized spacial score (nSPS) is 16.8. The molecule has 0 saturated carbocycles. The Hall–Kier alpha value is -2.04. The van der Waals surface area contributed by atoms with Crippen LogP contribution in [0, 0.1) is 5.82 Å². The molecule has 0 aliphatic heterocycles. The molecule has 1 aliphatic rings. The first-order chi connectivity index (χ1) is 11.0. The highest BCUT2D eigenvalue weighted by Gasteiger charge is 2.23. The van der Waals surface area contributed by atoms with Gasteiger partial charge in [-0.1, -0.05) is 18.2 Å². The second kappa shape index (κ2) is 6.22. The van der Waals surface area contributed by atoms with E-state index in [4.69, 9.17) is 5.73 Å². The third-order valence-corrected chi connectivity index (χ3v) is 5.12. The molecule has 1 aliphatic carbocycles. The molecule has 2 N–H and O–H groups in total. The first kappa shape index (κ1) is 15.8. The first-order valence-electron chi connectivity index (χ1n) is 7.37. The maximum Gasteiger partial charge on any atom is 0.123 e. The van der Waals surface area contributed by atoms with E-state index >= 15 is 0 Å². The number of fused-ring (bicyclic) bond motifs is 1. The average molecular weight is 327 g/mol. The second-order valence-electron chi connectivity index (χ2n) is 5.58. The summed E-state index contributed by atoms with van der Waals surface area (Å²) in [4.78, 5) is 0.802. The Bertz CT molecular complexity index is 850. The van der Waals surface area contributed by atoms with Crippen LogP contribution in [-0.4, -0.2) is 17.0 Å². The number of allylic oxidation sites excluding steroid dienone is 2. The van der Waals surface area contributed by atoms with Crippen LogP contribution in [-0.2, 0) is 10.8 Å². The molecule has 0 spiro atoms. The maximum absolute atomic E-state index is 13.6. The molecule has 4 heteroatoms. The van der Waals surface area contributed by atoms with Crippen LogP contribution in [0.3, 0.4) is 0 Å². The minimum Gasteiger partial charge on any atom is -0.326 e. The van der Waals surface area contributed by atoms with Crippen molar-refractivity contribution in [3.8, 4) is 0 Å². The third-order valence-electron chi connectivity index (χ3n) is 4.18. The third kappa shape index (κ3) is 2.92. The van der Waals surface area contributed by atoms with Gasteiger partial charge in [0.05, 0.1) is 0 Å².